The van der Waals surface area contributed by atoms with Crippen molar-refractivity contribution in [2.75, 3.05) is 24.5 Å². The fourth-order valence-corrected chi connectivity index (χ4v) is 6.47. The molecular formula is C36H41N3O5S. The Balaban J connectivity index is 1.80. The number of benzene rings is 4. The van der Waals surface area contributed by atoms with E-state index in [1.165, 1.54) is 17.0 Å². The Morgan fingerprint density at radius 2 is 1.44 bits per heavy atom. The van der Waals surface area contributed by atoms with Crippen LogP contribution in [0.15, 0.2) is 114 Å². The molecule has 0 unspecified atom stereocenters. The molecule has 1 N–H and O–H groups in total. The maximum absolute atomic E-state index is 14.5. The van der Waals surface area contributed by atoms with Gasteiger partial charge in [-0.15, -0.1) is 0 Å². The molecule has 0 spiro atoms. The molecule has 0 fully saturated rings. The molecule has 0 saturated carbocycles. The van der Waals surface area contributed by atoms with Gasteiger partial charge in [0.2, 0.25) is 11.8 Å². The third-order valence-corrected chi connectivity index (χ3v) is 9.34. The van der Waals surface area contributed by atoms with Crippen molar-refractivity contribution in [2.45, 2.75) is 50.6 Å². The van der Waals surface area contributed by atoms with Crippen molar-refractivity contribution in [1.82, 2.24) is 10.2 Å². The Labute approximate surface area is 266 Å². The molecule has 0 aliphatic heterocycles. The number of amides is 2. The largest absolute Gasteiger partial charge is 0.497 e. The lowest BCUT2D eigenvalue weighted by molar-refractivity contribution is -0.140. The summed E-state index contributed by atoms with van der Waals surface area (Å²) in [5, 5.41) is 2.96. The number of hydrogen-bond acceptors (Lipinski definition) is 5. The number of nitrogens with zero attached hydrogens (tertiary/aromatic N) is 2. The zero-order chi connectivity index (χ0) is 32.2. The lowest BCUT2D eigenvalue weighted by atomic mass is 10.0. The van der Waals surface area contributed by atoms with Gasteiger partial charge >= 0.3 is 0 Å². The molecule has 0 saturated heterocycles. The van der Waals surface area contributed by atoms with Crippen LogP contribution in [-0.4, -0.2) is 51.4 Å². The number of carbonyl (C=O) groups is 2. The number of rotatable bonds is 15. The summed E-state index contributed by atoms with van der Waals surface area (Å²) < 4.78 is 34.7. The van der Waals surface area contributed by atoms with Crippen LogP contribution in [0.1, 0.15) is 37.0 Å². The average molecular weight is 628 g/mol. The van der Waals surface area contributed by atoms with E-state index in [4.69, 9.17) is 4.74 Å². The molecule has 0 aliphatic carbocycles. The molecule has 0 aliphatic rings. The van der Waals surface area contributed by atoms with Crippen LogP contribution in [0, 0.1) is 0 Å². The number of methoxy groups -OCH3 is 1. The van der Waals surface area contributed by atoms with E-state index < -0.39 is 28.5 Å². The summed E-state index contributed by atoms with van der Waals surface area (Å²) >= 11 is 0. The van der Waals surface area contributed by atoms with Gasteiger partial charge in [0.15, 0.2) is 0 Å². The van der Waals surface area contributed by atoms with E-state index in [0.29, 0.717) is 18.0 Å². The van der Waals surface area contributed by atoms with E-state index in [1.807, 2.05) is 74.5 Å². The number of sulfonamides is 1. The van der Waals surface area contributed by atoms with Crippen molar-refractivity contribution in [1.29, 1.82) is 0 Å². The number of nitrogens with one attached hydrogen (secondary N) is 1. The summed E-state index contributed by atoms with van der Waals surface area (Å²) in [7, 11) is -2.58. The van der Waals surface area contributed by atoms with Crippen molar-refractivity contribution in [2.24, 2.45) is 0 Å². The Hall–Kier alpha value is -4.63. The van der Waals surface area contributed by atoms with Gasteiger partial charge in [-0.05, 0) is 65.9 Å². The number of hydrogen-bond donors (Lipinski definition) is 1. The second-order valence-electron chi connectivity index (χ2n) is 10.7. The second kappa shape index (κ2) is 15.9. The van der Waals surface area contributed by atoms with Gasteiger partial charge in [-0.25, -0.2) is 8.42 Å². The Morgan fingerprint density at radius 3 is 2.07 bits per heavy atom. The highest BCUT2D eigenvalue weighted by Crippen LogP contribution is 2.26. The van der Waals surface area contributed by atoms with E-state index in [2.05, 4.69) is 5.32 Å². The molecule has 0 bridgehead atoms. The van der Waals surface area contributed by atoms with Crippen LogP contribution in [0.3, 0.4) is 0 Å². The molecule has 0 heterocycles. The van der Waals surface area contributed by atoms with Gasteiger partial charge in [0.1, 0.15) is 18.3 Å². The molecule has 9 heteroatoms. The molecule has 8 nitrogen and oxygen atoms in total. The zero-order valence-electron chi connectivity index (χ0n) is 26.1. The van der Waals surface area contributed by atoms with Crippen LogP contribution >= 0.6 is 0 Å². The minimum Gasteiger partial charge on any atom is -0.497 e. The van der Waals surface area contributed by atoms with Crippen LogP contribution in [0.5, 0.6) is 5.75 Å². The summed E-state index contributed by atoms with van der Waals surface area (Å²) in [4.78, 5) is 29.8. The molecule has 4 aromatic carbocycles. The van der Waals surface area contributed by atoms with Crippen LogP contribution in [-0.2, 0) is 39.0 Å². The van der Waals surface area contributed by atoms with Crippen LogP contribution < -0.4 is 14.4 Å². The van der Waals surface area contributed by atoms with Crippen molar-refractivity contribution >= 4 is 27.5 Å². The second-order valence-corrected chi connectivity index (χ2v) is 12.6. The first-order valence-corrected chi connectivity index (χ1v) is 16.6. The molecule has 4 rings (SSSR count). The van der Waals surface area contributed by atoms with Gasteiger partial charge in [-0.2, -0.15) is 0 Å². The van der Waals surface area contributed by atoms with E-state index >= 15 is 0 Å². The van der Waals surface area contributed by atoms with E-state index in [9.17, 15) is 18.0 Å². The third-order valence-electron chi connectivity index (χ3n) is 7.55. The Kier molecular flexibility index (Phi) is 11.8. The molecular weight excluding hydrogens is 586 g/mol. The summed E-state index contributed by atoms with van der Waals surface area (Å²) in [5.41, 5.74) is 3.02. The fourth-order valence-electron chi connectivity index (χ4n) is 5.03. The molecule has 4 aromatic rings. The Bertz CT molecular complexity index is 1650. The highest BCUT2D eigenvalue weighted by molar-refractivity contribution is 7.92. The monoisotopic (exact) mass is 627 g/mol. The van der Waals surface area contributed by atoms with E-state index in [-0.39, 0.29) is 23.8 Å². The number of aryl methyl sites for hydroxylation is 1. The lowest BCUT2D eigenvalue weighted by Gasteiger charge is -2.34. The van der Waals surface area contributed by atoms with Gasteiger partial charge in [-0.3, -0.25) is 13.9 Å². The van der Waals surface area contributed by atoms with Crippen LogP contribution in [0.4, 0.5) is 5.69 Å². The van der Waals surface area contributed by atoms with Gasteiger partial charge in [0, 0.05) is 19.5 Å². The lowest BCUT2D eigenvalue weighted by Crippen LogP contribution is -2.53. The summed E-state index contributed by atoms with van der Waals surface area (Å²) in [6, 6.07) is 31.1. The van der Waals surface area contributed by atoms with Crippen LogP contribution in [0.2, 0.25) is 0 Å². The predicted octanol–water partition coefficient (Wildman–Crippen LogP) is 5.62. The molecule has 2 amide bonds. The quantitative estimate of drug-likeness (QED) is 0.185. The topological polar surface area (TPSA) is 96.0 Å². The van der Waals surface area contributed by atoms with Crippen LogP contribution in [0.25, 0.3) is 0 Å². The first-order chi connectivity index (χ1) is 21.8. The molecule has 0 aromatic heterocycles. The number of anilines is 1. The number of carbonyl (C=O) groups excluding carboxylic acids is 2. The summed E-state index contributed by atoms with van der Waals surface area (Å²) in [6.07, 6.45) is 1.76. The minimum atomic E-state index is -4.14. The molecule has 1 atom stereocenters. The third kappa shape index (κ3) is 8.73. The van der Waals surface area contributed by atoms with E-state index in [1.54, 1.807) is 43.5 Å². The van der Waals surface area contributed by atoms with Crippen molar-refractivity contribution < 1.29 is 22.7 Å². The molecule has 45 heavy (non-hydrogen) atoms. The maximum Gasteiger partial charge on any atom is 0.264 e. The zero-order valence-corrected chi connectivity index (χ0v) is 26.9. The fraction of sp³-hybridized carbons (Fsp3) is 0.278. The summed E-state index contributed by atoms with van der Waals surface area (Å²) in [5.74, 6) is -0.203. The van der Waals surface area contributed by atoms with Gasteiger partial charge in [-0.1, -0.05) is 86.6 Å². The van der Waals surface area contributed by atoms with Crippen molar-refractivity contribution in [3.63, 3.8) is 0 Å². The average Bonchev–Trinajstić information content (AvgIpc) is 3.08. The van der Waals surface area contributed by atoms with Crippen molar-refractivity contribution in [3.05, 3.63) is 126 Å². The SMILES string of the molecule is CCCNC(=O)[C@@H](Cc1ccccc1)N(Cc1cccc(OC)c1)C(=O)CN(c1ccc(CC)cc1)S(=O)(=O)c1ccccc1. The summed E-state index contributed by atoms with van der Waals surface area (Å²) in [6.45, 7) is 4.00. The van der Waals surface area contributed by atoms with Crippen molar-refractivity contribution in [3.8, 4) is 5.75 Å². The van der Waals surface area contributed by atoms with E-state index in [0.717, 1.165) is 33.8 Å². The first-order valence-electron chi connectivity index (χ1n) is 15.2. The predicted molar refractivity (Wildman–Crippen MR) is 178 cm³/mol. The normalized spacial score (nSPS) is 11.8. The molecule has 0 radical (unpaired) electrons. The number of ether oxygens (including phenoxy) is 1. The highest BCUT2D eigenvalue weighted by Gasteiger charge is 2.34. The highest BCUT2D eigenvalue weighted by atomic mass is 32.2. The maximum atomic E-state index is 14.5. The standard InChI is InChI=1S/C36H41N3O5S/c1-4-23-37-36(41)34(25-29-13-8-6-9-14-29)38(26-30-15-12-16-32(24-30)44-3)35(40)27-39(31-21-19-28(5-2)20-22-31)45(42,43)33-17-10-7-11-18-33/h6-22,24,34H,4-5,23,25-27H2,1-3H3,(H,37,41)/t34-/m1/s1. The smallest absolute Gasteiger partial charge is 0.264 e. The van der Waals surface area contributed by atoms with Gasteiger partial charge < -0.3 is 15.0 Å². The minimum absolute atomic E-state index is 0.0678. The Morgan fingerprint density at radius 1 is 0.800 bits per heavy atom. The van der Waals surface area contributed by atoms with Gasteiger partial charge in [0.25, 0.3) is 10.0 Å². The molecule has 236 valence electrons. The first kappa shape index (κ1) is 33.3. The van der Waals surface area contributed by atoms with Gasteiger partial charge in [0.05, 0.1) is 17.7 Å².